The highest BCUT2D eigenvalue weighted by molar-refractivity contribution is 7.16. The quantitative estimate of drug-likeness (QED) is 0.931. The molecule has 4 nitrogen and oxygen atoms in total. The van der Waals surface area contributed by atoms with Gasteiger partial charge in [-0.15, -0.1) is 11.3 Å². The Morgan fingerprint density at radius 2 is 2.25 bits per heavy atom. The largest absolute Gasteiger partial charge is 0.316 e. The summed E-state index contributed by atoms with van der Waals surface area (Å²) >= 11 is 1.59. The maximum atomic E-state index is 11.9. The number of nitrogens with zero attached hydrogens (tertiary/aromatic N) is 2. The minimum atomic E-state index is 0.0841. The maximum Gasteiger partial charge on any atom is 0.228 e. The molecular formula is C15H19N3OS. The van der Waals surface area contributed by atoms with Gasteiger partial charge in [-0.05, 0) is 38.7 Å². The number of anilines is 1. The van der Waals surface area contributed by atoms with E-state index in [-0.39, 0.29) is 11.8 Å². The van der Waals surface area contributed by atoms with Crippen molar-refractivity contribution in [2.24, 2.45) is 5.92 Å². The molecule has 0 bridgehead atoms. The van der Waals surface area contributed by atoms with Crippen molar-refractivity contribution in [3.63, 3.8) is 0 Å². The molecule has 0 radical (unpaired) electrons. The first-order chi connectivity index (χ1) is 9.60. The third-order valence-corrected chi connectivity index (χ3v) is 5.25. The molecule has 1 N–H and O–H groups in total. The number of amides is 1. The van der Waals surface area contributed by atoms with Gasteiger partial charge in [0.05, 0.1) is 5.56 Å². The molecule has 1 saturated carbocycles. The van der Waals surface area contributed by atoms with Crippen LogP contribution < -0.4 is 5.32 Å². The van der Waals surface area contributed by atoms with Crippen LogP contribution in [0.5, 0.6) is 0 Å². The van der Waals surface area contributed by atoms with E-state index in [0.717, 1.165) is 42.9 Å². The summed E-state index contributed by atoms with van der Waals surface area (Å²) in [5, 5.41) is 13.1. The smallest absolute Gasteiger partial charge is 0.228 e. The van der Waals surface area contributed by atoms with E-state index >= 15 is 0 Å². The number of fused-ring (bicyclic) bond motifs is 1. The molecule has 3 rings (SSSR count). The summed E-state index contributed by atoms with van der Waals surface area (Å²) in [6, 6.07) is 2.80. The number of nitrogens with one attached hydrogen (secondary N) is 1. The molecule has 2 heterocycles. The third kappa shape index (κ3) is 2.46. The van der Waals surface area contributed by atoms with Gasteiger partial charge in [0.15, 0.2) is 0 Å². The van der Waals surface area contributed by atoms with Crippen LogP contribution in [0.2, 0.25) is 0 Å². The van der Waals surface area contributed by atoms with Crippen molar-refractivity contribution in [1.29, 1.82) is 5.26 Å². The molecule has 1 amide bonds. The molecule has 0 atom stereocenters. The summed E-state index contributed by atoms with van der Waals surface area (Å²) in [7, 11) is 0. The summed E-state index contributed by atoms with van der Waals surface area (Å²) in [4.78, 5) is 15.6. The molecule has 0 unspecified atom stereocenters. The maximum absolute atomic E-state index is 11.9. The molecular weight excluding hydrogens is 270 g/mol. The monoisotopic (exact) mass is 289 g/mol. The summed E-state index contributed by atoms with van der Waals surface area (Å²) < 4.78 is 0. The highest BCUT2D eigenvalue weighted by atomic mass is 32.1. The van der Waals surface area contributed by atoms with Gasteiger partial charge in [0.25, 0.3) is 0 Å². The molecule has 1 aliphatic heterocycles. The number of nitriles is 1. The van der Waals surface area contributed by atoms with Crippen molar-refractivity contribution in [2.45, 2.75) is 45.7 Å². The second-order valence-corrected chi connectivity index (χ2v) is 7.00. The summed E-state index contributed by atoms with van der Waals surface area (Å²) in [6.45, 7) is 6.27. The van der Waals surface area contributed by atoms with E-state index in [0.29, 0.717) is 11.6 Å². The van der Waals surface area contributed by atoms with Gasteiger partial charge in [0, 0.05) is 29.9 Å². The van der Waals surface area contributed by atoms with Crippen LogP contribution in [0.3, 0.4) is 0 Å². The first-order valence-corrected chi connectivity index (χ1v) is 8.01. The average Bonchev–Trinajstić information content (AvgIpc) is 3.20. The molecule has 2 aliphatic rings. The van der Waals surface area contributed by atoms with Crippen molar-refractivity contribution in [3.05, 3.63) is 16.0 Å². The van der Waals surface area contributed by atoms with Crippen molar-refractivity contribution in [2.75, 3.05) is 11.9 Å². The van der Waals surface area contributed by atoms with Gasteiger partial charge in [-0.3, -0.25) is 9.69 Å². The van der Waals surface area contributed by atoms with E-state index in [1.165, 1.54) is 4.88 Å². The lowest BCUT2D eigenvalue weighted by Gasteiger charge is -2.30. The van der Waals surface area contributed by atoms with Gasteiger partial charge in [-0.25, -0.2) is 0 Å². The number of carbonyl (C=O) groups excluding carboxylic acids is 1. The third-order valence-electron chi connectivity index (χ3n) is 4.11. The van der Waals surface area contributed by atoms with Crippen LogP contribution in [0.4, 0.5) is 5.00 Å². The SMILES string of the molecule is CC(C)N1CCc2c(sc(NC(=O)C3CC3)c2C#N)C1. The van der Waals surface area contributed by atoms with Crippen molar-refractivity contribution >= 4 is 22.2 Å². The Balaban J connectivity index is 1.85. The predicted molar refractivity (Wildman–Crippen MR) is 79.6 cm³/mol. The Labute approximate surface area is 123 Å². The lowest BCUT2D eigenvalue weighted by atomic mass is 10.0. The fraction of sp³-hybridized carbons (Fsp3) is 0.600. The van der Waals surface area contributed by atoms with Crippen molar-refractivity contribution in [3.8, 4) is 6.07 Å². The van der Waals surface area contributed by atoms with E-state index in [4.69, 9.17) is 0 Å². The van der Waals surface area contributed by atoms with E-state index in [2.05, 4.69) is 30.1 Å². The Morgan fingerprint density at radius 3 is 2.85 bits per heavy atom. The predicted octanol–water partition coefficient (Wildman–Crippen LogP) is 2.73. The van der Waals surface area contributed by atoms with Gasteiger partial charge in [0.2, 0.25) is 5.91 Å². The lowest BCUT2D eigenvalue weighted by Crippen LogP contribution is -2.35. The number of hydrogen-bond donors (Lipinski definition) is 1. The molecule has 0 aromatic carbocycles. The molecule has 1 aliphatic carbocycles. The molecule has 0 spiro atoms. The van der Waals surface area contributed by atoms with Crippen LogP contribution in [0.1, 0.15) is 42.7 Å². The zero-order valence-corrected chi connectivity index (χ0v) is 12.7. The van der Waals surface area contributed by atoms with Gasteiger partial charge in [-0.2, -0.15) is 5.26 Å². The van der Waals surface area contributed by atoms with E-state index < -0.39 is 0 Å². The Bertz CT molecular complexity index is 581. The van der Waals surface area contributed by atoms with Crippen LogP contribution in [-0.4, -0.2) is 23.4 Å². The molecule has 0 saturated heterocycles. The van der Waals surface area contributed by atoms with Crippen LogP contribution in [0, 0.1) is 17.2 Å². The Morgan fingerprint density at radius 1 is 1.50 bits per heavy atom. The van der Waals surface area contributed by atoms with Crippen LogP contribution in [-0.2, 0) is 17.8 Å². The normalized spacial score (nSPS) is 18.7. The van der Waals surface area contributed by atoms with Crippen LogP contribution in [0.15, 0.2) is 0 Å². The Hall–Kier alpha value is -1.38. The second kappa shape index (κ2) is 5.19. The summed E-state index contributed by atoms with van der Waals surface area (Å²) in [5.41, 5.74) is 1.85. The first-order valence-electron chi connectivity index (χ1n) is 7.19. The topological polar surface area (TPSA) is 56.1 Å². The van der Waals surface area contributed by atoms with Crippen LogP contribution in [0.25, 0.3) is 0 Å². The van der Waals surface area contributed by atoms with Gasteiger partial charge < -0.3 is 5.32 Å². The second-order valence-electron chi connectivity index (χ2n) is 5.90. The zero-order valence-electron chi connectivity index (χ0n) is 11.9. The lowest BCUT2D eigenvalue weighted by molar-refractivity contribution is -0.117. The van der Waals surface area contributed by atoms with Crippen LogP contribution >= 0.6 is 11.3 Å². The molecule has 20 heavy (non-hydrogen) atoms. The zero-order chi connectivity index (χ0) is 14.3. The van der Waals surface area contributed by atoms with Gasteiger partial charge in [-0.1, -0.05) is 0 Å². The number of hydrogen-bond acceptors (Lipinski definition) is 4. The summed E-state index contributed by atoms with van der Waals surface area (Å²) in [5.74, 6) is 0.258. The highest BCUT2D eigenvalue weighted by Crippen LogP contribution is 2.38. The first kappa shape index (κ1) is 13.6. The van der Waals surface area contributed by atoms with Crippen molar-refractivity contribution in [1.82, 2.24) is 4.90 Å². The molecule has 106 valence electrons. The number of carbonyl (C=O) groups is 1. The molecule has 1 fully saturated rings. The Kier molecular flexibility index (Phi) is 3.53. The van der Waals surface area contributed by atoms with E-state index in [1.54, 1.807) is 11.3 Å². The molecule has 5 heteroatoms. The average molecular weight is 289 g/mol. The fourth-order valence-corrected chi connectivity index (χ4v) is 3.86. The number of thiophene rings is 1. The van der Waals surface area contributed by atoms with E-state index in [9.17, 15) is 10.1 Å². The van der Waals surface area contributed by atoms with E-state index in [1.807, 2.05) is 0 Å². The minimum absolute atomic E-state index is 0.0841. The van der Waals surface area contributed by atoms with Gasteiger partial charge >= 0.3 is 0 Å². The highest BCUT2D eigenvalue weighted by Gasteiger charge is 2.32. The summed E-state index contributed by atoms with van der Waals surface area (Å²) in [6.07, 6.45) is 2.88. The molecule has 1 aromatic rings. The minimum Gasteiger partial charge on any atom is -0.316 e. The van der Waals surface area contributed by atoms with Crippen molar-refractivity contribution < 1.29 is 4.79 Å². The number of rotatable bonds is 3. The standard InChI is InChI=1S/C15H19N3OS/c1-9(2)18-6-5-11-12(7-16)15(20-13(11)8-18)17-14(19)10-3-4-10/h9-10H,3-6,8H2,1-2H3,(H,17,19). The fourth-order valence-electron chi connectivity index (χ4n) is 2.63. The molecule has 1 aromatic heterocycles. The van der Waals surface area contributed by atoms with Gasteiger partial charge in [0.1, 0.15) is 11.1 Å².